The minimum atomic E-state index is -0.451. The number of ether oxygens (including phenoxy) is 2. The summed E-state index contributed by atoms with van der Waals surface area (Å²) >= 11 is 0. The quantitative estimate of drug-likeness (QED) is 0.688. The van der Waals surface area contributed by atoms with Gasteiger partial charge in [0.25, 0.3) is 0 Å². The normalized spacial score (nSPS) is 17.9. The Labute approximate surface area is 87.0 Å². The maximum atomic E-state index is 11.5. The van der Waals surface area contributed by atoms with Crippen molar-refractivity contribution in [1.82, 2.24) is 0 Å². The minimum Gasteiger partial charge on any atom is -0.496 e. The summed E-state index contributed by atoms with van der Waals surface area (Å²) in [5.74, 6) is 0.0839. The van der Waals surface area contributed by atoms with Crippen LogP contribution in [-0.4, -0.2) is 13.1 Å². The van der Waals surface area contributed by atoms with Gasteiger partial charge >= 0.3 is 5.97 Å². The van der Waals surface area contributed by atoms with Gasteiger partial charge in [-0.25, -0.2) is 4.79 Å². The highest BCUT2D eigenvalue weighted by Crippen LogP contribution is 2.37. The van der Waals surface area contributed by atoms with Crippen molar-refractivity contribution in [3.8, 4) is 11.8 Å². The molecule has 0 fully saturated rings. The van der Waals surface area contributed by atoms with E-state index in [-0.39, 0.29) is 6.42 Å². The number of cyclic esters (lactones) is 1. The van der Waals surface area contributed by atoms with Crippen LogP contribution in [0.4, 0.5) is 0 Å². The highest BCUT2D eigenvalue weighted by molar-refractivity contribution is 5.97. The monoisotopic (exact) mass is 203 g/mol. The second-order valence-electron chi connectivity index (χ2n) is 3.18. The molecule has 4 nitrogen and oxygen atoms in total. The Morgan fingerprint density at radius 1 is 1.60 bits per heavy atom. The van der Waals surface area contributed by atoms with Crippen molar-refractivity contribution < 1.29 is 14.3 Å². The fraction of sp³-hybridized carbons (Fsp3) is 0.273. The Morgan fingerprint density at radius 2 is 2.40 bits per heavy atom. The molecule has 1 aliphatic rings. The van der Waals surface area contributed by atoms with E-state index < -0.39 is 12.1 Å². The maximum Gasteiger partial charge on any atom is 0.342 e. The van der Waals surface area contributed by atoms with Gasteiger partial charge in [-0.1, -0.05) is 12.1 Å². The first-order valence-electron chi connectivity index (χ1n) is 4.52. The van der Waals surface area contributed by atoms with Crippen LogP contribution in [0.25, 0.3) is 0 Å². The highest BCUT2D eigenvalue weighted by atomic mass is 16.6. The zero-order chi connectivity index (χ0) is 10.8. The second kappa shape index (κ2) is 3.62. The summed E-state index contributed by atoms with van der Waals surface area (Å²) in [7, 11) is 1.50. The molecule has 1 heterocycles. The Morgan fingerprint density at radius 3 is 3.07 bits per heavy atom. The molecule has 0 aromatic heterocycles. The lowest BCUT2D eigenvalue weighted by atomic mass is 10.0. The number of benzene rings is 1. The molecule has 0 saturated heterocycles. The van der Waals surface area contributed by atoms with Crippen molar-refractivity contribution in [1.29, 1.82) is 5.26 Å². The minimum absolute atomic E-state index is 0.173. The van der Waals surface area contributed by atoms with Crippen molar-refractivity contribution >= 4 is 5.97 Å². The average Bonchev–Trinajstić information content (AvgIpc) is 2.57. The third-order valence-corrected chi connectivity index (χ3v) is 2.36. The zero-order valence-corrected chi connectivity index (χ0v) is 8.19. The first-order valence-corrected chi connectivity index (χ1v) is 4.52. The molecule has 76 valence electrons. The van der Waals surface area contributed by atoms with Gasteiger partial charge in [0.2, 0.25) is 0 Å². The largest absolute Gasteiger partial charge is 0.496 e. The van der Waals surface area contributed by atoms with E-state index >= 15 is 0 Å². The van der Waals surface area contributed by atoms with Crippen molar-refractivity contribution in [2.75, 3.05) is 7.11 Å². The smallest absolute Gasteiger partial charge is 0.342 e. The van der Waals surface area contributed by atoms with Crippen LogP contribution in [0, 0.1) is 11.3 Å². The van der Waals surface area contributed by atoms with Gasteiger partial charge in [0.1, 0.15) is 17.4 Å². The summed E-state index contributed by atoms with van der Waals surface area (Å²) < 4.78 is 10.1. The molecule has 0 spiro atoms. The summed E-state index contributed by atoms with van der Waals surface area (Å²) in [4.78, 5) is 11.5. The van der Waals surface area contributed by atoms with E-state index in [1.54, 1.807) is 18.2 Å². The number of methoxy groups -OCH3 is 1. The van der Waals surface area contributed by atoms with Gasteiger partial charge in [0.15, 0.2) is 0 Å². The highest BCUT2D eigenvalue weighted by Gasteiger charge is 2.33. The summed E-state index contributed by atoms with van der Waals surface area (Å²) in [6.07, 6.45) is -0.279. The SMILES string of the molecule is COc1cccc2c1C(=O)OC2CC#N. The van der Waals surface area contributed by atoms with Gasteiger partial charge in [0.05, 0.1) is 19.6 Å². The Hall–Kier alpha value is -2.02. The first kappa shape index (κ1) is 9.53. The topological polar surface area (TPSA) is 59.3 Å². The van der Waals surface area contributed by atoms with E-state index in [1.807, 2.05) is 6.07 Å². The number of fused-ring (bicyclic) bond motifs is 1. The Bertz CT molecular complexity index is 448. The van der Waals surface area contributed by atoms with E-state index in [0.29, 0.717) is 11.3 Å². The second-order valence-corrected chi connectivity index (χ2v) is 3.18. The predicted octanol–water partition coefficient (Wildman–Crippen LogP) is 1.82. The van der Waals surface area contributed by atoms with Gasteiger partial charge in [-0.2, -0.15) is 5.26 Å². The van der Waals surface area contributed by atoms with Crippen LogP contribution in [0.3, 0.4) is 0 Å². The van der Waals surface area contributed by atoms with Gasteiger partial charge < -0.3 is 9.47 Å². The lowest BCUT2D eigenvalue weighted by Gasteiger charge is -2.05. The summed E-state index contributed by atoms with van der Waals surface area (Å²) in [6, 6.07) is 7.26. The molecule has 1 aromatic rings. The predicted molar refractivity (Wildman–Crippen MR) is 51.4 cm³/mol. The van der Waals surface area contributed by atoms with Crippen molar-refractivity contribution in [2.24, 2.45) is 0 Å². The average molecular weight is 203 g/mol. The fourth-order valence-corrected chi connectivity index (χ4v) is 1.69. The van der Waals surface area contributed by atoms with E-state index in [0.717, 1.165) is 5.56 Å². The molecule has 1 aromatic carbocycles. The Balaban J connectivity index is 2.50. The molecule has 1 atom stereocenters. The van der Waals surface area contributed by atoms with Crippen LogP contribution in [0.2, 0.25) is 0 Å². The molecular weight excluding hydrogens is 194 g/mol. The number of carbonyl (C=O) groups excluding carboxylic acids is 1. The number of carbonyl (C=O) groups is 1. The van der Waals surface area contributed by atoms with E-state index in [9.17, 15) is 4.79 Å². The lowest BCUT2D eigenvalue weighted by Crippen LogP contribution is -1.98. The molecule has 0 bridgehead atoms. The molecule has 4 heteroatoms. The molecule has 1 unspecified atom stereocenters. The van der Waals surface area contributed by atoms with Gasteiger partial charge in [-0.15, -0.1) is 0 Å². The van der Waals surface area contributed by atoms with E-state index in [4.69, 9.17) is 14.7 Å². The van der Waals surface area contributed by atoms with Gasteiger partial charge in [-0.05, 0) is 6.07 Å². The molecule has 2 rings (SSSR count). The van der Waals surface area contributed by atoms with Crippen LogP contribution < -0.4 is 4.74 Å². The number of hydrogen-bond acceptors (Lipinski definition) is 4. The third kappa shape index (κ3) is 1.42. The zero-order valence-electron chi connectivity index (χ0n) is 8.19. The van der Waals surface area contributed by atoms with Crippen LogP contribution in [0.5, 0.6) is 5.75 Å². The number of esters is 1. The Kier molecular flexibility index (Phi) is 2.30. The fourth-order valence-electron chi connectivity index (χ4n) is 1.69. The molecule has 0 aliphatic carbocycles. The molecule has 0 saturated carbocycles. The standard InChI is InChI=1S/C11H9NO3/c1-14-9-4-2-3-7-8(5-6-12)15-11(13)10(7)9/h2-4,8H,5H2,1H3. The van der Waals surface area contributed by atoms with Gasteiger partial charge in [0, 0.05) is 5.56 Å². The molecule has 0 radical (unpaired) electrons. The number of rotatable bonds is 2. The summed E-state index contributed by atoms with van der Waals surface area (Å²) in [5.41, 5.74) is 1.18. The number of nitrogens with zero attached hydrogens (tertiary/aromatic N) is 1. The summed E-state index contributed by atoms with van der Waals surface area (Å²) in [5, 5.41) is 8.59. The molecular formula is C11H9NO3. The van der Waals surface area contributed by atoms with E-state index in [1.165, 1.54) is 7.11 Å². The number of nitriles is 1. The van der Waals surface area contributed by atoms with Crippen LogP contribution >= 0.6 is 0 Å². The maximum absolute atomic E-state index is 11.5. The van der Waals surface area contributed by atoms with Crippen LogP contribution in [-0.2, 0) is 4.74 Å². The molecule has 1 aliphatic heterocycles. The lowest BCUT2D eigenvalue weighted by molar-refractivity contribution is 0.0394. The van der Waals surface area contributed by atoms with Crippen LogP contribution in [0.15, 0.2) is 18.2 Å². The molecule has 0 N–H and O–H groups in total. The molecule has 0 amide bonds. The van der Waals surface area contributed by atoms with Crippen molar-refractivity contribution in [3.05, 3.63) is 29.3 Å². The number of hydrogen-bond donors (Lipinski definition) is 0. The van der Waals surface area contributed by atoms with Crippen molar-refractivity contribution in [3.63, 3.8) is 0 Å². The van der Waals surface area contributed by atoms with Gasteiger partial charge in [-0.3, -0.25) is 0 Å². The third-order valence-electron chi connectivity index (χ3n) is 2.36. The summed E-state index contributed by atoms with van der Waals surface area (Å²) in [6.45, 7) is 0. The first-order chi connectivity index (χ1) is 7.27. The van der Waals surface area contributed by atoms with Crippen LogP contribution in [0.1, 0.15) is 28.4 Å². The molecule has 15 heavy (non-hydrogen) atoms. The van der Waals surface area contributed by atoms with Crippen molar-refractivity contribution in [2.45, 2.75) is 12.5 Å². The van der Waals surface area contributed by atoms with E-state index in [2.05, 4.69) is 0 Å².